The van der Waals surface area contributed by atoms with E-state index in [4.69, 9.17) is 34.6 Å². The van der Waals surface area contributed by atoms with Gasteiger partial charge in [-0.25, -0.2) is 19.1 Å². The Morgan fingerprint density at radius 3 is 2.05 bits per heavy atom. The molecule has 2 aliphatic rings. The Balaban J connectivity index is 0.000000276. The van der Waals surface area contributed by atoms with Crippen molar-refractivity contribution in [2.24, 2.45) is 0 Å². The Labute approximate surface area is 233 Å². The van der Waals surface area contributed by atoms with Gasteiger partial charge in [0, 0.05) is 30.4 Å². The number of rotatable bonds is 4. The number of anilines is 1. The Morgan fingerprint density at radius 2 is 1.54 bits per heavy atom. The molecule has 2 N–H and O–H groups in total. The standard InChI is InChI=1S/C20H25N5OS.2C2HF3O2/c1-2-18(27-13-1)15-23-7-5-16(6-8-23)20-21-19-4-3-17(14-25(19)22-20)24-9-11-26-12-10-24;2*3-2(4,5)1(6)7/h1-4,13-14,16H,5-12,15H2;2*(H,6,7). The molecule has 226 valence electrons. The smallest absolute Gasteiger partial charge is 0.475 e. The number of pyridine rings is 1. The van der Waals surface area contributed by atoms with E-state index in [1.54, 1.807) is 0 Å². The zero-order chi connectivity index (χ0) is 30.2. The minimum Gasteiger partial charge on any atom is -0.475 e. The van der Waals surface area contributed by atoms with Crippen molar-refractivity contribution < 1.29 is 50.9 Å². The summed E-state index contributed by atoms with van der Waals surface area (Å²) in [5, 5.41) is 21.2. The molecule has 0 atom stereocenters. The number of fused-ring (bicyclic) bond motifs is 1. The third-order valence-corrected chi connectivity index (χ3v) is 6.97. The lowest BCUT2D eigenvalue weighted by molar-refractivity contribution is -0.193. The second kappa shape index (κ2) is 14.0. The average Bonchev–Trinajstić information content (AvgIpc) is 3.59. The number of aromatic nitrogens is 3. The summed E-state index contributed by atoms with van der Waals surface area (Å²) in [6.45, 7) is 6.79. The second-order valence-corrected chi connectivity index (χ2v) is 10.0. The molecule has 2 fully saturated rings. The summed E-state index contributed by atoms with van der Waals surface area (Å²) in [6, 6.07) is 8.61. The van der Waals surface area contributed by atoms with Gasteiger partial charge in [-0.3, -0.25) is 4.90 Å². The van der Waals surface area contributed by atoms with Crippen LogP contribution in [0.4, 0.5) is 32.0 Å². The molecule has 41 heavy (non-hydrogen) atoms. The number of aliphatic carboxylic acids is 2. The predicted molar refractivity (Wildman–Crippen MR) is 135 cm³/mol. The van der Waals surface area contributed by atoms with Crippen LogP contribution < -0.4 is 4.90 Å². The van der Waals surface area contributed by atoms with Gasteiger partial charge in [0.25, 0.3) is 0 Å². The molecule has 0 amide bonds. The van der Waals surface area contributed by atoms with Crippen LogP contribution in [0, 0.1) is 0 Å². The number of likely N-dealkylation sites (tertiary alicyclic amines) is 1. The molecular weight excluding hydrogens is 584 g/mol. The minimum absolute atomic E-state index is 0.469. The fraction of sp³-hybridized carbons (Fsp3) is 0.500. The second-order valence-electron chi connectivity index (χ2n) is 9.00. The van der Waals surface area contributed by atoms with Gasteiger partial charge in [-0.2, -0.15) is 31.4 Å². The van der Waals surface area contributed by atoms with Crippen LogP contribution in [0.2, 0.25) is 0 Å². The lowest BCUT2D eigenvalue weighted by Crippen LogP contribution is -2.36. The van der Waals surface area contributed by atoms with Crippen molar-refractivity contribution in [3.8, 4) is 0 Å². The lowest BCUT2D eigenvalue weighted by Gasteiger charge is -2.30. The summed E-state index contributed by atoms with van der Waals surface area (Å²) >= 11 is 1.85. The first kappa shape index (κ1) is 32.1. The molecule has 3 aromatic rings. The van der Waals surface area contributed by atoms with Crippen molar-refractivity contribution in [2.75, 3.05) is 44.3 Å². The molecule has 0 aromatic carbocycles. The normalized spacial score (nSPS) is 16.9. The maximum atomic E-state index is 10.6. The summed E-state index contributed by atoms with van der Waals surface area (Å²) < 4.78 is 70.9. The van der Waals surface area contributed by atoms with Crippen LogP contribution in [-0.4, -0.2) is 93.4 Å². The summed E-state index contributed by atoms with van der Waals surface area (Å²) in [7, 11) is 0. The van der Waals surface area contributed by atoms with E-state index in [1.165, 1.54) is 10.6 Å². The molecule has 3 aromatic heterocycles. The SMILES string of the molecule is O=C(O)C(F)(F)F.O=C(O)C(F)(F)F.c1csc(CN2CCC(c3nc4ccc(N5CCOCC5)cn4n3)CC2)c1. The minimum atomic E-state index is -5.08. The number of thiophene rings is 1. The van der Waals surface area contributed by atoms with Crippen LogP contribution in [-0.2, 0) is 20.9 Å². The molecule has 2 aliphatic heterocycles. The van der Waals surface area contributed by atoms with Crippen LogP contribution in [0.25, 0.3) is 5.65 Å². The van der Waals surface area contributed by atoms with E-state index in [0.717, 1.165) is 70.3 Å². The molecule has 0 aliphatic carbocycles. The molecule has 5 heterocycles. The summed E-state index contributed by atoms with van der Waals surface area (Å²) in [4.78, 5) is 29.0. The van der Waals surface area contributed by atoms with Gasteiger partial charge in [0.1, 0.15) is 0 Å². The molecule has 0 saturated carbocycles. The fourth-order valence-electron chi connectivity index (χ4n) is 4.04. The first-order valence-corrected chi connectivity index (χ1v) is 13.2. The van der Waals surface area contributed by atoms with E-state index in [-0.39, 0.29) is 0 Å². The van der Waals surface area contributed by atoms with Crippen molar-refractivity contribution in [3.63, 3.8) is 0 Å². The number of hydrogen-bond acceptors (Lipinski definition) is 8. The monoisotopic (exact) mass is 611 g/mol. The number of morpholine rings is 1. The maximum Gasteiger partial charge on any atom is 0.490 e. The van der Waals surface area contributed by atoms with Crippen LogP contribution in [0.3, 0.4) is 0 Å². The molecule has 10 nitrogen and oxygen atoms in total. The Morgan fingerprint density at radius 1 is 0.951 bits per heavy atom. The Hall–Kier alpha value is -3.44. The van der Waals surface area contributed by atoms with Crippen LogP contribution in [0.5, 0.6) is 0 Å². The number of halogens is 6. The lowest BCUT2D eigenvalue weighted by atomic mass is 9.96. The molecule has 5 rings (SSSR count). The van der Waals surface area contributed by atoms with Gasteiger partial charge in [-0.05, 0) is 49.5 Å². The van der Waals surface area contributed by atoms with E-state index >= 15 is 0 Å². The maximum absolute atomic E-state index is 10.6. The van der Waals surface area contributed by atoms with Crippen LogP contribution >= 0.6 is 11.3 Å². The number of carboxylic acid groups (broad SMARTS) is 2. The van der Waals surface area contributed by atoms with Gasteiger partial charge in [0.2, 0.25) is 0 Å². The highest BCUT2D eigenvalue weighted by atomic mass is 32.1. The summed E-state index contributed by atoms with van der Waals surface area (Å²) in [5.74, 6) is -4.04. The molecule has 0 radical (unpaired) electrons. The Bertz CT molecular complexity index is 1250. The van der Waals surface area contributed by atoms with Crippen LogP contribution in [0.1, 0.15) is 29.5 Å². The fourth-order valence-corrected chi connectivity index (χ4v) is 4.79. The van der Waals surface area contributed by atoms with E-state index in [9.17, 15) is 26.3 Å². The quantitative estimate of drug-likeness (QED) is 0.417. The van der Waals surface area contributed by atoms with Gasteiger partial charge in [-0.1, -0.05) is 6.07 Å². The third kappa shape index (κ3) is 9.86. The van der Waals surface area contributed by atoms with Crippen molar-refractivity contribution in [1.82, 2.24) is 19.5 Å². The Kier molecular flexibility index (Phi) is 10.9. The first-order chi connectivity index (χ1) is 19.2. The average molecular weight is 612 g/mol. The van der Waals surface area contributed by atoms with Gasteiger partial charge in [-0.15, -0.1) is 11.3 Å². The number of carbonyl (C=O) groups is 2. The van der Waals surface area contributed by atoms with Crippen LogP contribution in [0.15, 0.2) is 35.8 Å². The van der Waals surface area contributed by atoms with Gasteiger partial charge >= 0.3 is 24.3 Å². The highest BCUT2D eigenvalue weighted by molar-refractivity contribution is 7.09. The van der Waals surface area contributed by atoms with Gasteiger partial charge in [0.05, 0.1) is 25.1 Å². The summed E-state index contributed by atoms with van der Waals surface area (Å²) in [6.07, 6.45) is -5.78. The molecule has 17 heteroatoms. The number of nitrogens with zero attached hydrogens (tertiary/aromatic N) is 5. The zero-order valence-corrected chi connectivity index (χ0v) is 22.3. The van der Waals surface area contributed by atoms with E-state index in [0.29, 0.717) is 5.92 Å². The summed E-state index contributed by atoms with van der Waals surface area (Å²) in [5.41, 5.74) is 2.15. The predicted octanol–water partition coefficient (Wildman–Crippen LogP) is 4.27. The first-order valence-electron chi connectivity index (χ1n) is 12.3. The third-order valence-electron chi connectivity index (χ3n) is 6.11. The number of hydrogen-bond donors (Lipinski definition) is 2. The number of piperidine rings is 1. The molecule has 0 bridgehead atoms. The topological polar surface area (TPSA) is 120 Å². The zero-order valence-electron chi connectivity index (χ0n) is 21.4. The number of ether oxygens (including phenoxy) is 1. The van der Waals surface area contributed by atoms with Crippen molar-refractivity contribution >= 4 is 34.6 Å². The van der Waals surface area contributed by atoms with Gasteiger partial charge in [0.15, 0.2) is 11.5 Å². The molecule has 0 spiro atoms. The highest BCUT2D eigenvalue weighted by Gasteiger charge is 2.38. The highest BCUT2D eigenvalue weighted by Crippen LogP contribution is 2.28. The van der Waals surface area contributed by atoms with E-state index < -0.39 is 24.3 Å². The number of carboxylic acids is 2. The van der Waals surface area contributed by atoms with Gasteiger partial charge < -0.3 is 19.8 Å². The molecule has 0 unspecified atom stereocenters. The van der Waals surface area contributed by atoms with E-state index in [1.807, 2.05) is 15.9 Å². The largest absolute Gasteiger partial charge is 0.490 e. The molecule has 2 saturated heterocycles. The van der Waals surface area contributed by atoms with Crippen molar-refractivity contribution in [2.45, 2.75) is 37.7 Å². The van der Waals surface area contributed by atoms with Crippen molar-refractivity contribution in [1.29, 1.82) is 0 Å². The van der Waals surface area contributed by atoms with Crippen molar-refractivity contribution in [3.05, 3.63) is 46.5 Å². The molecular formula is C24H27F6N5O5S. The number of alkyl halides is 6. The van der Waals surface area contributed by atoms with E-state index in [2.05, 4.69) is 45.6 Å².